The van der Waals surface area contributed by atoms with E-state index in [4.69, 9.17) is 14.2 Å². The molecule has 0 radical (unpaired) electrons. The number of ether oxygens (including phenoxy) is 3. The van der Waals surface area contributed by atoms with Crippen LogP contribution in [0.4, 0.5) is 0 Å². The van der Waals surface area contributed by atoms with Gasteiger partial charge in [-0.05, 0) is 82.9 Å². The highest BCUT2D eigenvalue weighted by Gasteiger charge is 2.46. The summed E-state index contributed by atoms with van der Waals surface area (Å²) in [6.07, 6.45) is 2.30. The zero-order valence-electron chi connectivity index (χ0n) is 22.0. The Labute approximate surface area is 218 Å². The van der Waals surface area contributed by atoms with Gasteiger partial charge in [-0.3, -0.25) is 9.59 Å². The number of nitrogens with zero attached hydrogens (tertiary/aromatic N) is 2. The molecule has 1 atom stereocenters. The van der Waals surface area contributed by atoms with Gasteiger partial charge in [0.25, 0.3) is 11.7 Å². The van der Waals surface area contributed by atoms with E-state index in [-0.39, 0.29) is 11.3 Å². The molecule has 0 bridgehead atoms. The number of likely N-dealkylation sites (tertiary alicyclic amines) is 1. The molecule has 1 N–H and O–H groups in total. The average Bonchev–Trinajstić information content (AvgIpc) is 3.13. The number of aliphatic hydroxyl groups is 1. The predicted molar refractivity (Wildman–Crippen MR) is 143 cm³/mol. The topological polar surface area (TPSA) is 88.5 Å². The van der Waals surface area contributed by atoms with Crippen molar-refractivity contribution >= 4 is 17.4 Å². The number of carbonyl (C=O) groups excluding carboxylic acids is 2. The highest BCUT2D eigenvalue weighted by Crippen LogP contribution is 2.42. The van der Waals surface area contributed by atoms with Crippen molar-refractivity contribution in [3.8, 4) is 17.2 Å². The van der Waals surface area contributed by atoms with E-state index in [1.54, 1.807) is 48.5 Å². The monoisotopic (exact) mass is 508 g/mol. The molecule has 198 valence electrons. The fourth-order valence-electron chi connectivity index (χ4n) is 4.28. The van der Waals surface area contributed by atoms with E-state index in [1.165, 1.54) is 4.90 Å². The number of amides is 1. The lowest BCUT2D eigenvalue weighted by atomic mass is 9.95. The van der Waals surface area contributed by atoms with Gasteiger partial charge in [0.05, 0.1) is 24.8 Å². The second-order valence-electron chi connectivity index (χ2n) is 8.85. The second-order valence-corrected chi connectivity index (χ2v) is 8.85. The molecule has 1 amide bonds. The third-order valence-electron chi connectivity index (χ3n) is 5.92. The first-order chi connectivity index (χ1) is 17.8. The zero-order chi connectivity index (χ0) is 26.9. The number of hydrogen-bond donors (Lipinski definition) is 1. The number of benzene rings is 2. The van der Waals surface area contributed by atoms with Crippen LogP contribution in [-0.2, 0) is 9.59 Å². The second kappa shape index (κ2) is 13.0. The number of rotatable bonds is 13. The molecular weight excluding hydrogens is 472 g/mol. The van der Waals surface area contributed by atoms with Crippen LogP contribution in [0, 0.1) is 0 Å². The maximum absolute atomic E-state index is 13.3. The molecule has 2 aromatic carbocycles. The van der Waals surface area contributed by atoms with Crippen molar-refractivity contribution < 1.29 is 28.9 Å². The first-order valence-electron chi connectivity index (χ1n) is 12.5. The molecule has 0 saturated carbocycles. The molecule has 1 fully saturated rings. The summed E-state index contributed by atoms with van der Waals surface area (Å²) in [5.41, 5.74) is 1.11. The maximum atomic E-state index is 13.3. The number of ketones is 1. The third-order valence-corrected chi connectivity index (χ3v) is 5.92. The Morgan fingerprint density at radius 2 is 1.73 bits per heavy atom. The summed E-state index contributed by atoms with van der Waals surface area (Å²) in [4.78, 5) is 30.0. The summed E-state index contributed by atoms with van der Waals surface area (Å²) in [6.45, 7) is 9.75. The predicted octanol–water partition coefficient (Wildman–Crippen LogP) is 4.42. The van der Waals surface area contributed by atoms with Gasteiger partial charge in [-0.2, -0.15) is 0 Å². The Hall–Kier alpha value is -3.78. The van der Waals surface area contributed by atoms with Crippen molar-refractivity contribution in [2.75, 3.05) is 47.0 Å². The lowest BCUT2D eigenvalue weighted by Crippen LogP contribution is -2.32. The van der Waals surface area contributed by atoms with Gasteiger partial charge >= 0.3 is 0 Å². The first-order valence-corrected chi connectivity index (χ1v) is 12.5. The van der Waals surface area contributed by atoms with E-state index in [1.807, 2.05) is 32.8 Å². The number of carbonyl (C=O) groups is 2. The van der Waals surface area contributed by atoms with E-state index in [2.05, 4.69) is 6.58 Å². The molecule has 0 spiro atoms. The van der Waals surface area contributed by atoms with Gasteiger partial charge in [0.1, 0.15) is 18.1 Å². The van der Waals surface area contributed by atoms with Crippen molar-refractivity contribution in [3.63, 3.8) is 0 Å². The molecule has 37 heavy (non-hydrogen) atoms. The average molecular weight is 509 g/mol. The molecule has 3 rings (SSSR count). The summed E-state index contributed by atoms with van der Waals surface area (Å²) in [5.74, 6) is 0.0818. The van der Waals surface area contributed by atoms with Crippen molar-refractivity contribution in [3.05, 3.63) is 71.8 Å². The molecule has 1 aliphatic rings. The number of hydrogen-bond acceptors (Lipinski definition) is 7. The van der Waals surface area contributed by atoms with Gasteiger partial charge in [0.2, 0.25) is 0 Å². The minimum Gasteiger partial charge on any atom is -0.507 e. The normalized spacial score (nSPS) is 16.8. The molecular formula is C29H36N2O6. The molecule has 1 heterocycles. The summed E-state index contributed by atoms with van der Waals surface area (Å²) >= 11 is 0. The van der Waals surface area contributed by atoms with Crippen molar-refractivity contribution in [1.82, 2.24) is 9.80 Å². The van der Waals surface area contributed by atoms with E-state index < -0.39 is 17.7 Å². The Bertz CT molecular complexity index is 1140. The fraction of sp³-hybridized carbons (Fsp3) is 0.379. The van der Waals surface area contributed by atoms with Crippen LogP contribution in [0.1, 0.15) is 37.4 Å². The van der Waals surface area contributed by atoms with Crippen LogP contribution in [0.2, 0.25) is 0 Å². The molecule has 8 heteroatoms. The van der Waals surface area contributed by atoms with Gasteiger partial charge in [-0.15, -0.1) is 0 Å². The zero-order valence-corrected chi connectivity index (χ0v) is 22.0. The Morgan fingerprint density at radius 3 is 2.35 bits per heavy atom. The standard InChI is InChI=1S/C29H36N2O6/c1-6-18-37-23-15-12-21(19-24(23)36-8-3)26-25(27(32)20-10-13-22(14-11-20)35-7-2)28(33)29(34)31(26)17-9-16-30(4)5/h6,10-15,19,26,32H,1,7-9,16-18H2,2-5H3. The van der Waals surface area contributed by atoms with Crippen LogP contribution in [0.3, 0.4) is 0 Å². The quantitative estimate of drug-likeness (QED) is 0.185. The van der Waals surface area contributed by atoms with E-state index in [0.717, 1.165) is 6.54 Å². The Morgan fingerprint density at radius 1 is 1.03 bits per heavy atom. The van der Waals surface area contributed by atoms with Crippen LogP contribution in [0.5, 0.6) is 17.2 Å². The SMILES string of the molecule is C=CCOc1ccc(C2C(=C(O)c3ccc(OCC)cc3)C(=O)C(=O)N2CCCN(C)C)cc1OCC. The Balaban J connectivity index is 2.11. The molecule has 2 aromatic rings. The van der Waals surface area contributed by atoms with Crippen LogP contribution in [0.25, 0.3) is 5.76 Å². The highest BCUT2D eigenvalue weighted by molar-refractivity contribution is 6.46. The highest BCUT2D eigenvalue weighted by atomic mass is 16.5. The molecule has 1 aliphatic heterocycles. The van der Waals surface area contributed by atoms with Gasteiger partial charge < -0.3 is 29.1 Å². The minimum absolute atomic E-state index is 0.0428. The van der Waals surface area contributed by atoms with E-state index in [0.29, 0.717) is 61.2 Å². The van der Waals surface area contributed by atoms with Crippen LogP contribution < -0.4 is 14.2 Å². The van der Waals surface area contributed by atoms with E-state index >= 15 is 0 Å². The number of aliphatic hydroxyl groups excluding tert-OH is 1. The summed E-state index contributed by atoms with van der Waals surface area (Å²) in [6, 6.07) is 11.3. The summed E-state index contributed by atoms with van der Waals surface area (Å²) in [7, 11) is 3.90. The van der Waals surface area contributed by atoms with Crippen molar-refractivity contribution in [2.24, 2.45) is 0 Å². The lowest BCUT2D eigenvalue weighted by Gasteiger charge is -2.26. The van der Waals surface area contributed by atoms with Gasteiger partial charge in [0, 0.05) is 12.1 Å². The summed E-state index contributed by atoms with van der Waals surface area (Å²) in [5, 5.41) is 11.3. The van der Waals surface area contributed by atoms with E-state index in [9.17, 15) is 14.7 Å². The fourth-order valence-corrected chi connectivity index (χ4v) is 4.28. The van der Waals surface area contributed by atoms with Crippen LogP contribution in [-0.4, -0.2) is 73.6 Å². The van der Waals surface area contributed by atoms with Gasteiger partial charge in [-0.1, -0.05) is 18.7 Å². The van der Waals surface area contributed by atoms with Crippen LogP contribution >= 0.6 is 0 Å². The minimum atomic E-state index is -0.776. The molecule has 0 aliphatic carbocycles. The van der Waals surface area contributed by atoms with Crippen molar-refractivity contribution in [1.29, 1.82) is 0 Å². The lowest BCUT2D eigenvalue weighted by molar-refractivity contribution is -0.139. The molecule has 8 nitrogen and oxygen atoms in total. The number of Topliss-reactive ketones (excluding diaryl/α,β-unsaturated/α-hetero) is 1. The molecule has 0 aromatic heterocycles. The van der Waals surface area contributed by atoms with Crippen LogP contribution in [0.15, 0.2) is 60.7 Å². The maximum Gasteiger partial charge on any atom is 0.295 e. The van der Waals surface area contributed by atoms with Gasteiger partial charge in [-0.25, -0.2) is 0 Å². The first kappa shape index (κ1) is 27.8. The third kappa shape index (κ3) is 6.51. The largest absolute Gasteiger partial charge is 0.507 e. The molecule has 1 unspecified atom stereocenters. The summed E-state index contributed by atoms with van der Waals surface area (Å²) < 4.78 is 17.0. The Kier molecular flexibility index (Phi) is 9.74. The smallest absolute Gasteiger partial charge is 0.295 e. The van der Waals surface area contributed by atoms with Crippen molar-refractivity contribution in [2.45, 2.75) is 26.3 Å². The van der Waals surface area contributed by atoms with Gasteiger partial charge in [0.15, 0.2) is 11.5 Å². The molecule has 1 saturated heterocycles.